The van der Waals surface area contributed by atoms with Gasteiger partial charge in [-0.1, -0.05) is 13.8 Å². The van der Waals surface area contributed by atoms with E-state index in [0.29, 0.717) is 5.92 Å². The highest BCUT2D eigenvalue weighted by Gasteiger charge is 2.06. The van der Waals surface area contributed by atoms with Gasteiger partial charge in [0.15, 0.2) is 0 Å². The molecular formula is C9H16N2S. The number of rotatable bonds is 3. The lowest BCUT2D eigenvalue weighted by Crippen LogP contribution is -1.92. The van der Waals surface area contributed by atoms with Crippen molar-refractivity contribution in [1.82, 2.24) is 4.98 Å². The van der Waals surface area contributed by atoms with E-state index in [1.165, 1.54) is 10.0 Å². The van der Waals surface area contributed by atoms with Crippen LogP contribution in [0.15, 0.2) is 0 Å². The van der Waals surface area contributed by atoms with Gasteiger partial charge in [-0.15, -0.1) is 11.3 Å². The number of thiazole rings is 1. The normalized spacial score (nSPS) is 10.8. The van der Waals surface area contributed by atoms with Crippen LogP contribution in [0.25, 0.3) is 0 Å². The summed E-state index contributed by atoms with van der Waals surface area (Å²) >= 11 is 1.77. The van der Waals surface area contributed by atoms with E-state index < -0.39 is 0 Å². The van der Waals surface area contributed by atoms with E-state index in [0.717, 1.165) is 12.1 Å². The third kappa shape index (κ3) is 2.21. The Kier molecular flexibility index (Phi) is 3.09. The Morgan fingerprint density at radius 1 is 1.50 bits per heavy atom. The van der Waals surface area contributed by atoms with E-state index >= 15 is 0 Å². The van der Waals surface area contributed by atoms with Gasteiger partial charge >= 0.3 is 0 Å². The summed E-state index contributed by atoms with van der Waals surface area (Å²) in [7, 11) is 1.94. The summed E-state index contributed by atoms with van der Waals surface area (Å²) in [6.45, 7) is 6.48. The number of hydrogen-bond acceptors (Lipinski definition) is 3. The Balaban J connectivity index is 2.75. The molecule has 0 aliphatic carbocycles. The standard InChI is InChI=1S/C9H16N2S/c1-6(2)5-8-11-7(3)9(10-4)12-8/h6,10H,5H2,1-4H3. The third-order valence-corrected chi connectivity index (χ3v) is 2.85. The molecule has 0 aromatic carbocycles. The van der Waals surface area contributed by atoms with Crippen LogP contribution in [0.1, 0.15) is 24.5 Å². The van der Waals surface area contributed by atoms with Gasteiger partial charge in [-0.05, 0) is 12.8 Å². The Morgan fingerprint density at radius 2 is 2.17 bits per heavy atom. The molecule has 0 aliphatic heterocycles. The zero-order valence-electron chi connectivity index (χ0n) is 8.14. The summed E-state index contributed by atoms with van der Waals surface area (Å²) in [5, 5.41) is 5.59. The second-order valence-corrected chi connectivity index (χ2v) is 4.45. The molecule has 1 N–H and O–H groups in total. The average molecular weight is 184 g/mol. The molecule has 0 spiro atoms. The van der Waals surface area contributed by atoms with Gasteiger partial charge in [0.1, 0.15) is 5.00 Å². The number of aryl methyl sites for hydroxylation is 1. The summed E-state index contributed by atoms with van der Waals surface area (Å²) in [6.07, 6.45) is 1.09. The van der Waals surface area contributed by atoms with Gasteiger partial charge in [0.25, 0.3) is 0 Å². The molecule has 0 fully saturated rings. The maximum Gasteiger partial charge on any atom is 0.111 e. The summed E-state index contributed by atoms with van der Waals surface area (Å²) in [5.41, 5.74) is 1.12. The smallest absolute Gasteiger partial charge is 0.111 e. The highest BCUT2D eigenvalue weighted by molar-refractivity contribution is 7.15. The van der Waals surface area contributed by atoms with E-state index in [1.807, 2.05) is 14.0 Å². The number of aromatic nitrogens is 1. The first kappa shape index (κ1) is 9.52. The zero-order valence-corrected chi connectivity index (χ0v) is 8.96. The van der Waals surface area contributed by atoms with Gasteiger partial charge in [-0.2, -0.15) is 0 Å². The molecule has 2 nitrogen and oxygen atoms in total. The van der Waals surface area contributed by atoms with Crippen molar-refractivity contribution in [3.8, 4) is 0 Å². The minimum Gasteiger partial charge on any atom is -0.378 e. The topological polar surface area (TPSA) is 24.9 Å². The minimum atomic E-state index is 0.695. The molecule has 0 amide bonds. The van der Waals surface area contributed by atoms with Crippen molar-refractivity contribution in [3.05, 3.63) is 10.7 Å². The minimum absolute atomic E-state index is 0.695. The molecule has 1 aromatic rings. The van der Waals surface area contributed by atoms with Gasteiger partial charge in [-0.25, -0.2) is 4.98 Å². The second kappa shape index (κ2) is 3.90. The highest BCUT2D eigenvalue weighted by atomic mass is 32.1. The molecule has 0 radical (unpaired) electrons. The summed E-state index contributed by atoms with van der Waals surface area (Å²) in [4.78, 5) is 4.48. The van der Waals surface area contributed by atoms with E-state index in [-0.39, 0.29) is 0 Å². The van der Waals surface area contributed by atoms with E-state index in [4.69, 9.17) is 0 Å². The lowest BCUT2D eigenvalue weighted by molar-refractivity contribution is 0.643. The molecule has 0 atom stereocenters. The van der Waals surface area contributed by atoms with Crippen LogP contribution in [-0.2, 0) is 6.42 Å². The summed E-state index contributed by atoms with van der Waals surface area (Å²) in [6, 6.07) is 0. The van der Waals surface area contributed by atoms with E-state index in [2.05, 4.69) is 24.1 Å². The van der Waals surface area contributed by atoms with Crippen LogP contribution in [0.5, 0.6) is 0 Å². The van der Waals surface area contributed by atoms with Crippen molar-refractivity contribution in [3.63, 3.8) is 0 Å². The molecule has 0 saturated heterocycles. The lowest BCUT2D eigenvalue weighted by atomic mass is 10.1. The van der Waals surface area contributed by atoms with Gasteiger partial charge in [0.2, 0.25) is 0 Å². The van der Waals surface area contributed by atoms with Crippen molar-refractivity contribution >= 4 is 16.3 Å². The van der Waals surface area contributed by atoms with Crippen LogP contribution in [-0.4, -0.2) is 12.0 Å². The fraction of sp³-hybridized carbons (Fsp3) is 0.667. The first-order valence-corrected chi connectivity index (χ1v) is 5.09. The lowest BCUT2D eigenvalue weighted by Gasteiger charge is -1.97. The number of nitrogens with one attached hydrogen (secondary N) is 1. The van der Waals surface area contributed by atoms with Crippen LogP contribution in [0.2, 0.25) is 0 Å². The van der Waals surface area contributed by atoms with Crippen LogP contribution < -0.4 is 5.32 Å². The van der Waals surface area contributed by atoms with Crippen LogP contribution in [0.3, 0.4) is 0 Å². The molecule has 0 aliphatic rings. The Labute approximate surface area is 78.0 Å². The first-order chi connectivity index (χ1) is 5.63. The van der Waals surface area contributed by atoms with E-state index in [9.17, 15) is 0 Å². The average Bonchev–Trinajstić information content (AvgIpc) is 2.29. The third-order valence-electron chi connectivity index (χ3n) is 1.65. The monoisotopic (exact) mass is 184 g/mol. The predicted octanol–water partition coefficient (Wildman–Crippen LogP) is 2.69. The fourth-order valence-corrected chi connectivity index (χ4v) is 2.25. The van der Waals surface area contributed by atoms with Crippen molar-refractivity contribution in [2.24, 2.45) is 5.92 Å². The number of hydrogen-bond donors (Lipinski definition) is 1. The molecule has 1 aromatic heterocycles. The molecule has 1 heterocycles. The second-order valence-electron chi connectivity index (χ2n) is 3.37. The van der Waals surface area contributed by atoms with E-state index in [1.54, 1.807) is 11.3 Å². The van der Waals surface area contributed by atoms with Crippen molar-refractivity contribution in [2.75, 3.05) is 12.4 Å². The first-order valence-electron chi connectivity index (χ1n) is 4.27. The summed E-state index contributed by atoms with van der Waals surface area (Å²) < 4.78 is 0. The molecule has 0 saturated carbocycles. The maximum atomic E-state index is 4.48. The Morgan fingerprint density at radius 3 is 2.58 bits per heavy atom. The molecule has 3 heteroatoms. The molecule has 0 unspecified atom stereocenters. The SMILES string of the molecule is CNc1sc(CC(C)C)nc1C. The van der Waals surface area contributed by atoms with Crippen LogP contribution in [0.4, 0.5) is 5.00 Å². The van der Waals surface area contributed by atoms with Crippen LogP contribution in [0, 0.1) is 12.8 Å². The molecular weight excluding hydrogens is 168 g/mol. The fourth-order valence-electron chi connectivity index (χ4n) is 1.12. The quantitative estimate of drug-likeness (QED) is 0.781. The van der Waals surface area contributed by atoms with Gasteiger partial charge in [0, 0.05) is 13.5 Å². The molecule has 0 bridgehead atoms. The Hall–Kier alpha value is -0.570. The largest absolute Gasteiger partial charge is 0.378 e. The molecule has 12 heavy (non-hydrogen) atoms. The van der Waals surface area contributed by atoms with Crippen LogP contribution >= 0.6 is 11.3 Å². The zero-order chi connectivity index (χ0) is 9.14. The number of nitrogens with zero attached hydrogens (tertiary/aromatic N) is 1. The maximum absolute atomic E-state index is 4.48. The van der Waals surface area contributed by atoms with Gasteiger partial charge < -0.3 is 5.32 Å². The van der Waals surface area contributed by atoms with Gasteiger partial charge in [0.05, 0.1) is 10.7 Å². The highest BCUT2D eigenvalue weighted by Crippen LogP contribution is 2.24. The van der Waals surface area contributed by atoms with Gasteiger partial charge in [-0.3, -0.25) is 0 Å². The summed E-state index contributed by atoms with van der Waals surface area (Å²) in [5.74, 6) is 0.695. The number of anilines is 1. The Bertz CT molecular complexity index is 253. The van der Waals surface area contributed by atoms with Crippen molar-refractivity contribution in [2.45, 2.75) is 27.2 Å². The molecule has 68 valence electrons. The van der Waals surface area contributed by atoms with Crippen molar-refractivity contribution in [1.29, 1.82) is 0 Å². The predicted molar refractivity (Wildman–Crippen MR) is 54.9 cm³/mol. The molecule has 1 rings (SSSR count). The van der Waals surface area contributed by atoms with Crippen molar-refractivity contribution < 1.29 is 0 Å².